The first-order valence-corrected chi connectivity index (χ1v) is 19.9. The molecule has 0 bridgehead atoms. The zero-order valence-electron chi connectivity index (χ0n) is 26.1. The lowest BCUT2D eigenvalue weighted by molar-refractivity contribution is -0.257. The van der Waals surface area contributed by atoms with Gasteiger partial charge in [0.25, 0.3) is 0 Å². The van der Waals surface area contributed by atoms with E-state index < -0.39 is 101 Å². The number of halogens is 6. The third-order valence-electron chi connectivity index (χ3n) is 10.5. The van der Waals surface area contributed by atoms with Crippen LogP contribution in [-0.2, 0) is 19.7 Å². The Balaban J connectivity index is 1.63. The third kappa shape index (κ3) is 3.30. The van der Waals surface area contributed by atoms with Crippen LogP contribution >= 0.6 is 22.7 Å². The lowest BCUT2D eigenvalue weighted by atomic mass is 9.61. The number of allylic oxidation sites excluding steroid dienone is 2. The number of fused-ring (bicyclic) bond motifs is 8. The van der Waals surface area contributed by atoms with Crippen LogP contribution in [0.2, 0.25) is 0 Å². The summed E-state index contributed by atoms with van der Waals surface area (Å²) in [7, 11) is -10.2. The van der Waals surface area contributed by atoms with Crippen LogP contribution in [0.5, 0.6) is 0 Å². The van der Waals surface area contributed by atoms with Gasteiger partial charge >= 0.3 is 17.8 Å². The van der Waals surface area contributed by atoms with Crippen LogP contribution in [0, 0.1) is 11.8 Å². The molecule has 14 heteroatoms. The minimum absolute atomic E-state index is 0.260. The average Bonchev–Trinajstić information content (AvgIpc) is 3.78. The number of benzene rings is 2. The molecule has 0 amide bonds. The van der Waals surface area contributed by atoms with Crippen LogP contribution in [0.25, 0.3) is 32.0 Å². The van der Waals surface area contributed by atoms with Crippen LogP contribution in [0.3, 0.4) is 0 Å². The Labute approximate surface area is 286 Å². The fraction of sp³-hybridized carbons (Fsp3) is 0.314. The summed E-state index contributed by atoms with van der Waals surface area (Å²) < 4.78 is 153. The van der Waals surface area contributed by atoms with E-state index in [4.69, 9.17) is 0 Å². The second-order valence-electron chi connectivity index (χ2n) is 13.4. The van der Waals surface area contributed by atoms with E-state index in [-0.39, 0.29) is 9.75 Å². The number of rotatable bonds is 4. The maximum atomic E-state index is 16.5. The molecule has 1 fully saturated rings. The van der Waals surface area contributed by atoms with E-state index in [0.717, 1.165) is 0 Å². The molecule has 4 heterocycles. The first-order valence-electron chi connectivity index (χ1n) is 15.3. The van der Waals surface area contributed by atoms with Gasteiger partial charge in [0.05, 0.1) is 19.5 Å². The van der Waals surface area contributed by atoms with Crippen molar-refractivity contribution in [3.63, 3.8) is 0 Å². The van der Waals surface area contributed by atoms with Gasteiger partial charge in [-0.25, -0.2) is 16.8 Å². The molecule has 1 saturated carbocycles. The van der Waals surface area contributed by atoms with E-state index in [1.54, 1.807) is 60.7 Å². The Bertz CT molecular complexity index is 2240. The maximum absolute atomic E-state index is 16.5. The molecule has 8 rings (SSSR count). The summed E-state index contributed by atoms with van der Waals surface area (Å²) in [4.78, 5) is -1.42. The Morgan fingerprint density at radius 2 is 0.857 bits per heavy atom. The van der Waals surface area contributed by atoms with E-state index in [1.807, 2.05) is 0 Å². The molecule has 0 spiro atoms. The molecule has 2 aromatic heterocycles. The number of sulfone groups is 2. The van der Waals surface area contributed by atoms with Gasteiger partial charge in [0.15, 0.2) is 19.7 Å². The van der Waals surface area contributed by atoms with Crippen molar-refractivity contribution in [1.82, 2.24) is 0 Å². The summed E-state index contributed by atoms with van der Waals surface area (Å²) in [5, 5.41) is 0. The van der Waals surface area contributed by atoms with Gasteiger partial charge < -0.3 is 0 Å². The molecule has 0 radical (unpaired) electrons. The Hall–Kier alpha value is -3.20. The van der Waals surface area contributed by atoms with Crippen LogP contribution in [0.1, 0.15) is 37.4 Å². The van der Waals surface area contributed by atoms with Crippen molar-refractivity contribution >= 4 is 53.5 Å². The molecule has 0 saturated heterocycles. The molecular formula is C35H26F6O4S4. The van der Waals surface area contributed by atoms with E-state index in [0.29, 0.717) is 33.8 Å². The van der Waals surface area contributed by atoms with Crippen LogP contribution in [-0.4, -0.2) is 44.1 Å². The third-order valence-corrected chi connectivity index (χ3v) is 18.8. The Morgan fingerprint density at radius 1 is 0.531 bits per heavy atom. The SMILES string of the molecule is CC(C)C12C(=C3C(=C4c5sc(-c6ccccc6)cc5S(=O)(=O)C41C(C)C)C(F)(F)C(F)(F)C3(F)F)c1sc(-c3ccccc3)cc1S2(=O)=O. The second kappa shape index (κ2) is 9.56. The highest BCUT2D eigenvalue weighted by Crippen LogP contribution is 2.79. The average molecular weight is 753 g/mol. The van der Waals surface area contributed by atoms with Crippen molar-refractivity contribution in [2.24, 2.45) is 11.8 Å². The minimum Gasteiger partial charge on any atom is -0.223 e. The normalized spacial score (nSPS) is 27.7. The van der Waals surface area contributed by atoms with Crippen molar-refractivity contribution < 1.29 is 43.2 Å². The fourth-order valence-electron chi connectivity index (χ4n) is 8.75. The zero-order chi connectivity index (χ0) is 35.5. The van der Waals surface area contributed by atoms with Gasteiger partial charge in [-0.3, -0.25) is 0 Å². The Kier molecular flexibility index (Phi) is 6.44. The van der Waals surface area contributed by atoms with Crippen LogP contribution in [0.15, 0.2) is 93.7 Å². The largest absolute Gasteiger partial charge is 0.380 e. The molecule has 0 N–H and O–H groups in total. The molecule has 256 valence electrons. The number of hydrogen-bond acceptors (Lipinski definition) is 6. The maximum Gasteiger partial charge on any atom is 0.380 e. The first kappa shape index (κ1) is 33.0. The van der Waals surface area contributed by atoms with Crippen molar-refractivity contribution in [3.05, 3.63) is 93.7 Å². The van der Waals surface area contributed by atoms with Crippen molar-refractivity contribution in [2.75, 3.05) is 0 Å². The molecule has 2 aromatic carbocycles. The Morgan fingerprint density at radius 3 is 1.16 bits per heavy atom. The molecule has 2 atom stereocenters. The minimum atomic E-state index is -6.02. The lowest BCUT2D eigenvalue weighted by Crippen LogP contribution is -2.67. The van der Waals surface area contributed by atoms with Gasteiger partial charge in [-0.2, -0.15) is 26.3 Å². The van der Waals surface area contributed by atoms with E-state index in [2.05, 4.69) is 0 Å². The quantitative estimate of drug-likeness (QED) is 0.195. The summed E-state index contributed by atoms with van der Waals surface area (Å²) in [5.74, 6) is -19.9. The molecule has 4 aromatic rings. The van der Waals surface area contributed by atoms with Gasteiger partial charge in [0.1, 0.15) is 9.49 Å². The number of alkyl halides is 6. The number of thiophene rings is 2. The summed E-state index contributed by atoms with van der Waals surface area (Å²) in [6, 6.07) is 18.9. The highest BCUT2D eigenvalue weighted by atomic mass is 32.2. The van der Waals surface area contributed by atoms with Crippen LogP contribution in [0.4, 0.5) is 26.3 Å². The zero-order valence-corrected chi connectivity index (χ0v) is 29.4. The topological polar surface area (TPSA) is 68.3 Å². The second-order valence-corrected chi connectivity index (χ2v) is 19.6. The molecule has 2 unspecified atom stereocenters. The van der Waals surface area contributed by atoms with Crippen LogP contribution < -0.4 is 0 Å². The van der Waals surface area contributed by atoms with Gasteiger partial charge in [-0.15, -0.1) is 22.7 Å². The summed E-state index contributed by atoms with van der Waals surface area (Å²) >= 11 is 1.37. The molecule has 2 aliphatic carbocycles. The van der Waals surface area contributed by atoms with Crippen molar-refractivity contribution in [3.8, 4) is 20.9 Å². The summed E-state index contributed by atoms with van der Waals surface area (Å²) in [6.07, 6.45) is 0. The fourth-order valence-corrected chi connectivity index (χ4v) is 18.5. The van der Waals surface area contributed by atoms with E-state index >= 15 is 43.2 Å². The lowest BCUT2D eigenvalue weighted by Gasteiger charge is -2.53. The van der Waals surface area contributed by atoms with E-state index in [9.17, 15) is 0 Å². The predicted octanol–water partition coefficient (Wildman–Crippen LogP) is 9.65. The standard InChI is InChI=1S/C35H26F6O4S4/c1-17(2)31-27(29-23(48(31,42)43)15-21(46-29)19-11-7-5-8-12-19)25-26(34(38,39)35(40,41)33(25,36)37)28-30-24(49(44,45)32(28,31)18(3)4)16-22(47-30)20-13-9-6-10-14-20/h5-18H,1-4H3. The monoisotopic (exact) mass is 752 g/mol. The van der Waals surface area contributed by atoms with E-state index in [1.165, 1.54) is 39.8 Å². The van der Waals surface area contributed by atoms with Gasteiger partial charge in [0.2, 0.25) is 0 Å². The molecule has 49 heavy (non-hydrogen) atoms. The van der Waals surface area contributed by atoms with Crippen molar-refractivity contribution in [1.29, 1.82) is 0 Å². The summed E-state index contributed by atoms with van der Waals surface area (Å²) in [5.41, 5.74) is -4.60. The van der Waals surface area contributed by atoms with Gasteiger partial charge in [-0.1, -0.05) is 88.4 Å². The van der Waals surface area contributed by atoms with Crippen molar-refractivity contribution in [2.45, 2.75) is 64.7 Å². The first-order chi connectivity index (χ1) is 22.8. The van der Waals surface area contributed by atoms with Gasteiger partial charge in [-0.05, 0) is 35.1 Å². The molecular weight excluding hydrogens is 727 g/mol. The number of hydrogen-bond donors (Lipinski definition) is 0. The van der Waals surface area contributed by atoms with Gasteiger partial charge in [0, 0.05) is 32.0 Å². The molecule has 2 aliphatic heterocycles. The highest BCUT2D eigenvalue weighted by Gasteiger charge is 2.89. The molecule has 4 aliphatic rings. The smallest absolute Gasteiger partial charge is 0.223 e. The highest BCUT2D eigenvalue weighted by molar-refractivity contribution is 7.98. The summed E-state index contributed by atoms with van der Waals surface area (Å²) in [6.45, 7) is 5.28. The predicted molar refractivity (Wildman–Crippen MR) is 178 cm³/mol. The molecule has 4 nitrogen and oxygen atoms in total.